The van der Waals surface area contributed by atoms with Gasteiger partial charge in [0.1, 0.15) is 0 Å². The minimum absolute atomic E-state index is 0.0394. The third-order valence-corrected chi connectivity index (χ3v) is 4.92. The van der Waals surface area contributed by atoms with E-state index in [9.17, 15) is 4.79 Å². The van der Waals surface area contributed by atoms with Crippen molar-refractivity contribution in [2.24, 2.45) is 0 Å². The number of carbonyl (C=O) groups excluding carboxylic acids is 1. The molecular weight excluding hydrogens is 258 g/mol. The molecule has 1 unspecified atom stereocenters. The lowest BCUT2D eigenvalue weighted by atomic mass is 9.76. The number of ketones is 1. The summed E-state index contributed by atoms with van der Waals surface area (Å²) in [6.45, 7) is 0.719. The van der Waals surface area contributed by atoms with Crippen molar-refractivity contribution < 1.29 is 4.79 Å². The zero-order valence-corrected chi connectivity index (χ0v) is 12.0. The van der Waals surface area contributed by atoms with Gasteiger partial charge in [-0.15, -0.1) is 0 Å². The van der Waals surface area contributed by atoms with Crippen LogP contribution < -0.4 is 5.32 Å². The molecule has 0 spiro atoms. The molecule has 2 nitrogen and oxygen atoms in total. The molecule has 0 amide bonds. The highest BCUT2D eigenvalue weighted by Crippen LogP contribution is 2.40. The zero-order valence-electron chi connectivity index (χ0n) is 12.0. The number of fused-ring (bicyclic) bond motifs is 1. The molecule has 21 heavy (non-hydrogen) atoms. The Kier molecular flexibility index (Phi) is 3.03. The Labute approximate surface area is 125 Å². The normalized spacial score (nSPS) is 20.5. The maximum Gasteiger partial charge on any atom is 0.172 e. The van der Waals surface area contributed by atoms with Crippen molar-refractivity contribution in [2.75, 3.05) is 11.9 Å². The summed E-state index contributed by atoms with van der Waals surface area (Å²) in [5.41, 5.74) is 4.45. The molecule has 4 rings (SSSR count). The number of Topliss-reactive ketones (excluding diaryl/α,β-unsaturated/α-hetero) is 1. The lowest BCUT2D eigenvalue weighted by Gasteiger charge is -2.28. The van der Waals surface area contributed by atoms with Crippen LogP contribution in [0.3, 0.4) is 0 Å². The molecule has 0 radical (unpaired) electrons. The van der Waals surface area contributed by atoms with E-state index in [1.165, 1.54) is 24.8 Å². The number of hydrogen-bond acceptors (Lipinski definition) is 2. The minimum atomic E-state index is -0.0394. The van der Waals surface area contributed by atoms with Gasteiger partial charge in [-0.05, 0) is 36.0 Å². The van der Waals surface area contributed by atoms with Gasteiger partial charge in [0.05, 0.1) is 5.92 Å². The van der Waals surface area contributed by atoms with Crippen LogP contribution in [0.25, 0.3) is 0 Å². The Balaban J connectivity index is 1.70. The van der Waals surface area contributed by atoms with Gasteiger partial charge in [0.15, 0.2) is 5.78 Å². The first-order valence-corrected chi connectivity index (χ1v) is 7.80. The fourth-order valence-electron chi connectivity index (χ4n) is 3.50. The number of carbonyl (C=O) groups is 1. The standard InChI is InChI=1S/C19H19NO/c21-19(17-12-20-18-11-4-3-9-15(17)18)16-10-2-1-8-14(16)13-6-5-7-13/h1-4,8-11,13,17,20H,5-7,12H2. The van der Waals surface area contributed by atoms with Gasteiger partial charge < -0.3 is 5.32 Å². The lowest BCUT2D eigenvalue weighted by molar-refractivity contribution is 0.0964. The first kappa shape index (κ1) is 12.6. The summed E-state index contributed by atoms with van der Waals surface area (Å²) in [7, 11) is 0. The zero-order chi connectivity index (χ0) is 14.2. The SMILES string of the molecule is O=C(c1ccccc1C1CCC1)C1CNc2ccccc21. The first-order valence-electron chi connectivity index (χ1n) is 7.80. The van der Waals surface area contributed by atoms with E-state index >= 15 is 0 Å². The molecule has 1 N–H and O–H groups in total. The number of nitrogens with one attached hydrogen (secondary N) is 1. The number of hydrogen-bond donors (Lipinski definition) is 1. The average Bonchev–Trinajstić information content (AvgIpc) is 2.89. The molecule has 0 bridgehead atoms. The van der Waals surface area contributed by atoms with Crippen LogP contribution in [0.5, 0.6) is 0 Å². The number of rotatable bonds is 3. The Morgan fingerprint density at radius 1 is 0.952 bits per heavy atom. The van der Waals surface area contributed by atoms with Gasteiger partial charge >= 0.3 is 0 Å². The second kappa shape index (κ2) is 5.03. The molecule has 0 saturated heterocycles. The van der Waals surface area contributed by atoms with E-state index in [2.05, 4.69) is 29.6 Å². The minimum Gasteiger partial charge on any atom is -0.384 e. The maximum atomic E-state index is 13.0. The van der Waals surface area contributed by atoms with Crippen molar-refractivity contribution in [2.45, 2.75) is 31.1 Å². The van der Waals surface area contributed by atoms with Gasteiger partial charge in [0.2, 0.25) is 0 Å². The predicted octanol–water partition coefficient (Wildman–Crippen LogP) is 4.35. The topological polar surface area (TPSA) is 29.1 Å². The van der Waals surface area contributed by atoms with E-state index in [1.54, 1.807) is 0 Å². The molecule has 1 aliphatic heterocycles. The first-order chi connectivity index (χ1) is 10.3. The van der Waals surface area contributed by atoms with Crippen molar-refractivity contribution in [3.8, 4) is 0 Å². The third-order valence-electron chi connectivity index (χ3n) is 4.92. The van der Waals surface area contributed by atoms with E-state index in [0.717, 1.165) is 23.4 Å². The molecular formula is C19H19NO. The summed E-state index contributed by atoms with van der Waals surface area (Å²) >= 11 is 0. The Bertz CT molecular complexity index is 687. The van der Waals surface area contributed by atoms with Crippen LogP contribution in [-0.2, 0) is 0 Å². The molecule has 0 aromatic heterocycles. The summed E-state index contributed by atoms with van der Waals surface area (Å²) < 4.78 is 0. The van der Waals surface area contributed by atoms with Crippen LogP contribution in [0.15, 0.2) is 48.5 Å². The summed E-state index contributed by atoms with van der Waals surface area (Å²) in [5.74, 6) is 0.826. The molecule has 1 aliphatic carbocycles. The summed E-state index contributed by atoms with van der Waals surface area (Å²) in [6.07, 6.45) is 3.74. The van der Waals surface area contributed by atoms with Crippen molar-refractivity contribution in [1.82, 2.24) is 0 Å². The van der Waals surface area contributed by atoms with Gasteiger partial charge in [-0.3, -0.25) is 4.79 Å². The Morgan fingerprint density at radius 2 is 1.67 bits per heavy atom. The van der Waals surface area contributed by atoms with Gasteiger partial charge in [0, 0.05) is 17.8 Å². The van der Waals surface area contributed by atoms with Crippen LogP contribution in [-0.4, -0.2) is 12.3 Å². The second-order valence-electron chi connectivity index (χ2n) is 6.10. The van der Waals surface area contributed by atoms with Crippen molar-refractivity contribution >= 4 is 11.5 Å². The second-order valence-corrected chi connectivity index (χ2v) is 6.10. The van der Waals surface area contributed by atoms with Crippen LogP contribution in [0.4, 0.5) is 5.69 Å². The van der Waals surface area contributed by atoms with Crippen LogP contribution in [0, 0.1) is 0 Å². The lowest BCUT2D eigenvalue weighted by Crippen LogP contribution is -2.19. The van der Waals surface area contributed by atoms with E-state index in [-0.39, 0.29) is 11.7 Å². The van der Waals surface area contributed by atoms with Gasteiger partial charge in [-0.25, -0.2) is 0 Å². The predicted molar refractivity (Wildman–Crippen MR) is 85.0 cm³/mol. The molecule has 106 valence electrons. The highest BCUT2D eigenvalue weighted by Gasteiger charge is 2.32. The largest absolute Gasteiger partial charge is 0.384 e. The molecule has 2 aromatic carbocycles. The van der Waals surface area contributed by atoms with Crippen molar-refractivity contribution in [3.05, 3.63) is 65.2 Å². The van der Waals surface area contributed by atoms with E-state index < -0.39 is 0 Å². The van der Waals surface area contributed by atoms with E-state index in [4.69, 9.17) is 0 Å². The molecule has 1 fully saturated rings. The molecule has 1 heterocycles. The highest BCUT2D eigenvalue weighted by molar-refractivity contribution is 6.04. The molecule has 1 atom stereocenters. The van der Waals surface area contributed by atoms with Crippen LogP contribution >= 0.6 is 0 Å². The van der Waals surface area contributed by atoms with Crippen molar-refractivity contribution in [1.29, 1.82) is 0 Å². The molecule has 2 aliphatic rings. The Morgan fingerprint density at radius 3 is 2.43 bits per heavy atom. The molecule has 2 aromatic rings. The van der Waals surface area contributed by atoms with Crippen LogP contribution in [0.2, 0.25) is 0 Å². The summed E-state index contributed by atoms with van der Waals surface area (Å²) in [6, 6.07) is 16.4. The Hall–Kier alpha value is -2.09. The summed E-state index contributed by atoms with van der Waals surface area (Å²) in [4.78, 5) is 13.0. The van der Waals surface area contributed by atoms with Gasteiger partial charge in [0.25, 0.3) is 0 Å². The average molecular weight is 277 g/mol. The van der Waals surface area contributed by atoms with E-state index in [1.807, 2.05) is 24.3 Å². The number of para-hydroxylation sites is 1. The van der Waals surface area contributed by atoms with E-state index in [0.29, 0.717) is 5.92 Å². The highest BCUT2D eigenvalue weighted by atomic mass is 16.1. The third kappa shape index (κ3) is 2.06. The number of benzene rings is 2. The van der Waals surface area contributed by atoms with Crippen molar-refractivity contribution in [3.63, 3.8) is 0 Å². The monoisotopic (exact) mass is 277 g/mol. The quantitative estimate of drug-likeness (QED) is 0.845. The fourth-order valence-corrected chi connectivity index (χ4v) is 3.50. The van der Waals surface area contributed by atoms with Gasteiger partial charge in [-0.2, -0.15) is 0 Å². The molecule has 2 heteroatoms. The van der Waals surface area contributed by atoms with Crippen LogP contribution in [0.1, 0.15) is 52.6 Å². The smallest absolute Gasteiger partial charge is 0.172 e. The van der Waals surface area contributed by atoms with Gasteiger partial charge in [-0.1, -0.05) is 48.9 Å². The number of anilines is 1. The maximum absolute atomic E-state index is 13.0. The molecule has 1 saturated carbocycles. The summed E-state index contributed by atoms with van der Waals surface area (Å²) in [5, 5.41) is 3.36. The fraction of sp³-hybridized carbons (Fsp3) is 0.316.